The average molecular weight is 443 g/mol. The van der Waals surface area contributed by atoms with Gasteiger partial charge in [-0.05, 0) is 37.8 Å². The number of halogens is 1. The highest BCUT2D eigenvalue weighted by atomic mass is 35.5. The molecular weight excluding hydrogens is 420 g/mol. The second kappa shape index (κ2) is 8.66. The molecule has 1 unspecified atom stereocenters. The van der Waals surface area contributed by atoms with Crippen molar-refractivity contribution in [2.45, 2.75) is 37.9 Å². The molecule has 2 aliphatic heterocycles. The van der Waals surface area contributed by atoms with Gasteiger partial charge in [-0.25, -0.2) is 18.1 Å². The largest absolute Gasteiger partial charge is 0.356 e. The first-order chi connectivity index (χ1) is 13.7. The number of carbonyl (C=O) groups is 3. The van der Waals surface area contributed by atoms with E-state index in [0.29, 0.717) is 37.9 Å². The maximum atomic E-state index is 12.7. The zero-order valence-corrected chi connectivity index (χ0v) is 17.6. The highest BCUT2D eigenvalue weighted by Gasteiger charge is 2.36. The lowest BCUT2D eigenvalue weighted by atomic mass is 10.0. The predicted molar refractivity (Wildman–Crippen MR) is 106 cm³/mol. The topological polar surface area (TPSA) is 126 Å². The fraction of sp³-hybridized carbons (Fsp3) is 0.556. The zero-order valence-electron chi connectivity index (χ0n) is 16.0. The molecule has 3 rings (SSSR count). The number of carbonyl (C=O) groups excluding carboxylic acids is 3. The van der Waals surface area contributed by atoms with Crippen LogP contribution < -0.4 is 10.0 Å². The third-order valence-electron chi connectivity index (χ3n) is 5.38. The molecule has 1 aromatic heterocycles. The lowest BCUT2D eigenvalue weighted by Crippen LogP contribution is -2.49. The molecule has 2 aliphatic rings. The highest BCUT2D eigenvalue weighted by Crippen LogP contribution is 2.22. The standard InChI is InChI=1S/C18H23ClN4O5S/c1-11-14(5-7-20-16(11)19)18(26)22-29(27,28)13-3-2-8-23(10-13)15(24)9-12-4-6-21-17(12)25/h5,7,12-13H,2-4,6,8-10H2,1H3,(H,21,25)(H,22,26)/t12-,13?/m0/s1. The molecule has 0 aliphatic carbocycles. The van der Waals surface area contributed by atoms with Gasteiger partial charge in [0.05, 0.1) is 5.25 Å². The maximum Gasteiger partial charge on any atom is 0.265 e. The molecule has 1 aromatic rings. The van der Waals surface area contributed by atoms with Crippen LogP contribution in [0.1, 0.15) is 41.6 Å². The molecule has 3 amide bonds. The van der Waals surface area contributed by atoms with Gasteiger partial charge in [-0.3, -0.25) is 14.4 Å². The van der Waals surface area contributed by atoms with Crippen molar-refractivity contribution >= 4 is 39.3 Å². The Morgan fingerprint density at radius 1 is 1.38 bits per heavy atom. The third-order valence-corrected chi connectivity index (χ3v) is 7.49. The van der Waals surface area contributed by atoms with E-state index in [-0.39, 0.29) is 41.4 Å². The summed E-state index contributed by atoms with van der Waals surface area (Å²) >= 11 is 5.90. The maximum absolute atomic E-state index is 12.7. The van der Waals surface area contributed by atoms with Gasteiger partial charge in [0.25, 0.3) is 5.91 Å². The summed E-state index contributed by atoms with van der Waals surface area (Å²) in [4.78, 5) is 42.0. The first kappa shape index (κ1) is 21.5. The Hall–Kier alpha value is -2.20. The summed E-state index contributed by atoms with van der Waals surface area (Å²) in [7, 11) is -4.00. The number of sulfonamides is 1. The molecule has 158 valence electrons. The van der Waals surface area contributed by atoms with Gasteiger partial charge in [-0.15, -0.1) is 0 Å². The Labute approximate surface area is 174 Å². The summed E-state index contributed by atoms with van der Waals surface area (Å²) in [5.74, 6) is -1.52. The van der Waals surface area contributed by atoms with Crippen molar-refractivity contribution in [3.8, 4) is 0 Å². The van der Waals surface area contributed by atoms with Crippen LogP contribution in [0, 0.1) is 12.8 Å². The van der Waals surface area contributed by atoms with Crippen LogP contribution in [-0.4, -0.2) is 60.9 Å². The molecule has 0 bridgehead atoms. The van der Waals surface area contributed by atoms with E-state index in [1.807, 2.05) is 0 Å². The van der Waals surface area contributed by atoms with Crippen LogP contribution in [0.4, 0.5) is 0 Å². The molecule has 0 aromatic carbocycles. The Morgan fingerprint density at radius 3 is 2.83 bits per heavy atom. The van der Waals surface area contributed by atoms with E-state index in [2.05, 4.69) is 15.0 Å². The number of hydrogen-bond donors (Lipinski definition) is 2. The van der Waals surface area contributed by atoms with Crippen LogP contribution in [-0.2, 0) is 19.6 Å². The molecule has 0 saturated carbocycles. The number of piperidine rings is 1. The lowest BCUT2D eigenvalue weighted by Gasteiger charge is -2.32. The minimum Gasteiger partial charge on any atom is -0.356 e. The predicted octanol–water partition coefficient (Wildman–Crippen LogP) is 0.620. The first-order valence-electron chi connectivity index (χ1n) is 9.41. The van der Waals surface area contributed by atoms with Crippen LogP contribution in [0.3, 0.4) is 0 Å². The van der Waals surface area contributed by atoms with Crippen molar-refractivity contribution in [2.24, 2.45) is 5.92 Å². The van der Waals surface area contributed by atoms with Crippen LogP contribution >= 0.6 is 11.6 Å². The van der Waals surface area contributed by atoms with Crippen molar-refractivity contribution < 1.29 is 22.8 Å². The molecule has 11 heteroatoms. The van der Waals surface area contributed by atoms with Gasteiger partial charge in [0.1, 0.15) is 5.15 Å². The molecule has 3 heterocycles. The van der Waals surface area contributed by atoms with Gasteiger partial charge >= 0.3 is 0 Å². The second-order valence-electron chi connectivity index (χ2n) is 7.34. The smallest absolute Gasteiger partial charge is 0.265 e. The molecule has 2 saturated heterocycles. The molecular formula is C18H23ClN4O5S. The summed E-state index contributed by atoms with van der Waals surface area (Å²) < 4.78 is 27.6. The number of aromatic nitrogens is 1. The summed E-state index contributed by atoms with van der Waals surface area (Å²) in [6.07, 6.45) is 2.84. The van der Waals surface area contributed by atoms with E-state index in [0.717, 1.165) is 0 Å². The average Bonchev–Trinajstić information content (AvgIpc) is 3.08. The van der Waals surface area contributed by atoms with E-state index >= 15 is 0 Å². The molecule has 29 heavy (non-hydrogen) atoms. The van der Waals surface area contributed by atoms with Gasteiger partial charge in [0.15, 0.2) is 0 Å². The zero-order chi connectivity index (χ0) is 21.2. The summed E-state index contributed by atoms with van der Waals surface area (Å²) in [5.41, 5.74) is 0.515. The summed E-state index contributed by atoms with van der Waals surface area (Å²) in [5, 5.41) is 1.91. The number of rotatable bonds is 5. The quantitative estimate of drug-likeness (QED) is 0.644. The normalized spacial score (nSPS) is 22.3. The minimum atomic E-state index is -4.00. The van der Waals surface area contributed by atoms with Crippen molar-refractivity contribution in [3.05, 3.63) is 28.5 Å². The number of amides is 3. The number of hydrogen-bond acceptors (Lipinski definition) is 6. The minimum absolute atomic E-state index is 0.00807. The van der Waals surface area contributed by atoms with Gasteiger partial charge in [-0.2, -0.15) is 0 Å². The molecule has 0 spiro atoms. The van der Waals surface area contributed by atoms with Crippen LogP contribution in [0.25, 0.3) is 0 Å². The van der Waals surface area contributed by atoms with Gasteiger partial charge in [0, 0.05) is 43.7 Å². The Balaban J connectivity index is 1.65. The van der Waals surface area contributed by atoms with E-state index in [1.54, 1.807) is 6.92 Å². The van der Waals surface area contributed by atoms with Crippen LogP contribution in [0.2, 0.25) is 5.15 Å². The third kappa shape index (κ3) is 4.87. The van der Waals surface area contributed by atoms with Crippen molar-refractivity contribution in [3.63, 3.8) is 0 Å². The van der Waals surface area contributed by atoms with Crippen molar-refractivity contribution in [1.82, 2.24) is 19.9 Å². The van der Waals surface area contributed by atoms with E-state index in [4.69, 9.17) is 11.6 Å². The summed E-state index contributed by atoms with van der Waals surface area (Å²) in [6.45, 7) is 2.56. The summed E-state index contributed by atoms with van der Waals surface area (Å²) in [6, 6.07) is 1.40. The van der Waals surface area contributed by atoms with Crippen LogP contribution in [0.15, 0.2) is 12.3 Å². The fourth-order valence-corrected chi connectivity index (χ4v) is 5.17. The Kier molecular flexibility index (Phi) is 6.42. The monoisotopic (exact) mass is 442 g/mol. The fourth-order valence-electron chi connectivity index (χ4n) is 3.62. The van der Waals surface area contributed by atoms with Crippen molar-refractivity contribution in [1.29, 1.82) is 0 Å². The molecule has 2 atom stereocenters. The number of nitrogens with zero attached hydrogens (tertiary/aromatic N) is 2. The lowest BCUT2D eigenvalue weighted by molar-refractivity contribution is -0.135. The highest BCUT2D eigenvalue weighted by molar-refractivity contribution is 7.90. The van der Waals surface area contributed by atoms with E-state index in [1.165, 1.54) is 17.2 Å². The van der Waals surface area contributed by atoms with Gasteiger partial charge in [0.2, 0.25) is 21.8 Å². The Morgan fingerprint density at radius 2 is 2.14 bits per heavy atom. The number of nitrogens with one attached hydrogen (secondary N) is 2. The number of pyridine rings is 1. The van der Waals surface area contributed by atoms with Gasteiger partial charge in [-0.1, -0.05) is 11.6 Å². The van der Waals surface area contributed by atoms with E-state index in [9.17, 15) is 22.8 Å². The Bertz CT molecular complexity index is 936. The second-order valence-corrected chi connectivity index (χ2v) is 9.65. The molecule has 9 nitrogen and oxygen atoms in total. The SMILES string of the molecule is Cc1c(C(=O)NS(=O)(=O)C2CCCN(C(=O)C[C@@H]3CCNC3=O)C2)ccnc1Cl. The molecule has 2 fully saturated rings. The van der Waals surface area contributed by atoms with Crippen LogP contribution in [0.5, 0.6) is 0 Å². The molecule has 2 N–H and O–H groups in total. The first-order valence-corrected chi connectivity index (χ1v) is 11.3. The van der Waals surface area contributed by atoms with Gasteiger partial charge < -0.3 is 10.2 Å². The number of likely N-dealkylation sites (tertiary alicyclic amines) is 1. The molecule has 0 radical (unpaired) electrons. The van der Waals surface area contributed by atoms with Crippen molar-refractivity contribution in [2.75, 3.05) is 19.6 Å². The van der Waals surface area contributed by atoms with E-state index < -0.39 is 21.2 Å².